The number of pyridine rings is 1. The van der Waals surface area contributed by atoms with E-state index in [0.29, 0.717) is 16.8 Å². The van der Waals surface area contributed by atoms with E-state index >= 15 is 0 Å². The number of anilines is 1. The van der Waals surface area contributed by atoms with Gasteiger partial charge in [-0.1, -0.05) is 23.7 Å². The fourth-order valence-electron chi connectivity index (χ4n) is 2.89. The van der Waals surface area contributed by atoms with E-state index in [1.54, 1.807) is 0 Å². The van der Waals surface area contributed by atoms with Gasteiger partial charge in [-0.05, 0) is 48.7 Å². The standard InChI is InChI=1S/C16H18ClN3/c17-14-6-5-12(9-15(14)18)11-20-8-2-4-16(20)13-3-1-7-19-10-13/h1,3,5-7,9-10,16H,2,4,8,11,18H2. The lowest BCUT2D eigenvalue weighted by atomic mass is 10.1. The molecule has 3 rings (SSSR count). The van der Waals surface area contributed by atoms with Crippen LogP contribution in [0.1, 0.15) is 30.0 Å². The van der Waals surface area contributed by atoms with Crippen molar-refractivity contribution in [2.24, 2.45) is 0 Å². The minimum atomic E-state index is 0.459. The topological polar surface area (TPSA) is 42.1 Å². The summed E-state index contributed by atoms with van der Waals surface area (Å²) in [4.78, 5) is 6.72. The number of rotatable bonds is 3. The molecule has 2 heterocycles. The largest absolute Gasteiger partial charge is 0.398 e. The number of likely N-dealkylation sites (tertiary alicyclic amines) is 1. The van der Waals surface area contributed by atoms with Gasteiger partial charge in [0.2, 0.25) is 0 Å². The van der Waals surface area contributed by atoms with Crippen LogP contribution in [-0.2, 0) is 6.54 Å². The van der Waals surface area contributed by atoms with Crippen LogP contribution >= 0.6 is 11.6 Å². The zero-order chi connectivity index (χ0) is 13.9. The van der Waals surface area contributed by atoms with E-state index in [-0.39, 0.29) is 0 Å². The summed E-state index contributed by atoms with van der Waals surface area (Å²) in [5.74, 6) is 0. The summed E-state index contributed by atoms with van der Waals surface area (Å²) < 4.78 is 0. The number of halogens is 1. The normalized spacial score (nSPS) is 19.4. The maximum absolute atomic E-state index is 5.97. The smallest absolute Gasteiger partial charge is 0.0635 e. The zero-order valence-electron chi connectivity index (χ0n) is 11.3. The van der Waals surface area contributed by atoms with Crippen molar-refractivity contribution < 1.29 is 0 Å². The van der Waals surface area contributed by atoms with Gasteiger partial charge in [0.15, 0.2) is 0 Å². The second kappa shape index (κ2) is 5.81. The molecule has 0 radical (unpaired) electrons. The van der Waals surface area contributed by atoms with Crippen molar-refractivity contribution in [2.45, 2.75) is 25.4 Å². The molecule has 1 aliphatic heterocycles. The number of hydrogen-bond donors (Lipinski definition) is 1. The average Bonchev–Trinajstić information content (AvgIpc) is 2.92. The van der Waals surface area contributed by atoms with Crippen LogP contribution in [0, 0.1) is 0 Å². The molecule has 2 aromatic rings. The van der Waals surface area contributed by atoms with E-state index in [1.165, 1.54) is 24.0 Å². The Morgan fingerprint density at radius 1 is 1.35 bits per heavy atom. The maximum atomic E-state index is 5.97. The van der Waals surface area contributed by atoms with Gasteiger partial charge >= 0.3 is 0 Å². The van der Waals surface area contributed by atoms with Crippen LogP contribution in [0.3, 0.4) is 0 Å². The van der Waals surface area contributed by atoms with Gasteiger partial charge < -0.3 is 5.73 Å². The first kappa shape index (κ1) is 13.4. The number of hydrogen-bond acceptors (Lipinski definition) is 3. The van der Waals surface area contributed by atoms with E-state index in [4.69, 9.17) is 17.3 Å². The number of aromatic nitrogens is 1. The number of benzene rings is 1. The van der Waals surface area contributed by atoms with Crippen LogP contribution < -0.4 is 5.73 Å². The van der Waals surface area contributed by atoms with Crippen LogP contribution in [0.15, 0.2) is 42.7 Å². The summed E-state index contributed by atoms with van der Waals surface area (Å²) in [6.45, 7) is 2.02. The van der Waals surface area contributed by atoms with Gasteiger partial charge in [-0.25, -0.2) is 0 Å². The van der Waals surface area contributed by atoms with E-state index in [1.807, 2.05) is 30.6 Å². The Balaban J connectivity index is 1.77. The molecule has 104 valence electrons. The third kappa shape index (κ3) is 2.79. The van der Waals surface area contributed by atoms with Crippen molar-refractivity contribution in [3.8, 4) is 0 Å². The first-order chi connectivity index (χ1) is 9.74. The second-order valence-corrected chi connectivity index (χ2v) is 5.68. The van der Waals surface area contributed by atoms with Crippen LogP contribution in [-0.4, -0.2) is 16.4 Å². The van der Waals surface area contributed by atoms with Gasteiger partial charge in [0.05, 0.1) is 10.7 Å². The molecule has 1 fully saturated rings. The van der Waals surface area contributed by atoms with Gasteiger partial charge in [-0.15, -0.1) is 0 Å². The SMILES string of the molecule is Nc1cc(CN2CCCC2c2cccnc2)ccc1Cl. The Hall–Kier alpha value is -1.58. The molecule has 0 bridgehead atoms. The van der Waals surface area contributed by atoms with Gasteiger partial charge in [0, 0.05) is 25.0 Å². The Kier molecular flexibility index (Phi) is 3.90. The molecule has 1 aromatic heterocycles. The first-order valence-electron chi connectivity index (χ1n) is 6.92. The third-order valence-electron chi connectivity index (χ3n) is 3.88. The minimum absolute atomic E-state index is 0.459. The summed E-state index contributed by atoms with van der Waals surface area (Å²) in [5.41, 5.74) is 9.04. The molecular weight excluding hydrogens is 270 g/mol. The number of nitrogens with zero attached hydrogens (tertiary/aromatic N) is 2. The van der Waals surface area contributed by atoms with Crippen molar-refractivity contribution in [1.29, 1.82) is 0 Å². The van der Waals surface area contributed by atoms with Crippen molar-refractivity contribution in [3.63, 3.8) is 0 Å². The monoisotopic (exact) mass is 287 g/mol. The molecule has 2 N–H and O–H groups in total. The molecule has 1 saturated heterocycles. The third-order valence-corrected chi connectivity index (χ3v) is 4.22. The van der Waals surface area contributed by atoms with Gasteiger partial charge in [0.1, 0.15) is 0 Å². The highest BCUT2D eigenvalue weighted by atomic mass is 35.5. The Labute approximate surface area is 124 Å². The highest BCUT2D eigenvalue weighted by molar-refractivity contribution is 6.33. The molecule has 1 aromatic carbocycles. The summed E-state index contributed by atoms with van der Waals surface area (Å²) in [5, 5.41) is 0.624. The quantitative estimate of drug-likeness (QED) is 0.876. The Morgan fingerprint density at radius 3 is 3.00 bits per heavy atom. The van der Waals surface area contributed by atoms with E-state index in [9.17, 15) is 0 Å². The molecule has 4 heteroatoms. The summed E-state index contributed by atoms with van der Waals surface area (Å²) >= 11 is 5.97. The van der Waals surface area contributed by atoms with Crippen molar-refractivity contribution in [3.05, 3.63) is 58.9 Å². The molecule has 1 aliphatic rings. The minimum Gasteiger partial charge on any atom is -0.398 e. The fourth-order valence-corrected chi connectivity index (χ4v) is 3.01. The van der Waals surface area contributed by atoms with Crippen molar-refractivity contribution in [1.82, 2.24) is 9.88 Å². The maximum Gasteiger partial charge on any atom is 0.0635 e. The summed E-state index contributed by atoms with van der Waals surface area (Å²) in [6.07, 6.45) is 6.21. The van der Waals surface area contributed by atoms with Gasteiger partial charge in [0.25, 0.3) is 0 Å². The first-order valence-corrected chi connectivity index (χ1v) is 7.30. The highest BCUT2D eigenvalue weighted by Crippen LogP contribution is 2.33. The van der Waals surface area contributed by atoms with Crippen molar-refractivity contribution >= 4 is 17.3 Å². The molecular formula is C16H18ClN3. The van der Waals surface area contributed by atoms with Gasteiger partial charge in [-0.3, -0.25) is 9.88 Å². The Morgan fingerprint density at radius 2 is 2.25 bits per heavy atom. The lowest BCUT2D eigenvalue weighted by molar-refractivity contribution is 0.248. The lowest BCUT2D eigenvalue weighted by Crippen LogP contribution is -2.22. The summed E-state index contributed by atoms with van der Waals surface area (Å²) in [7, 11) is 0. The Bertz CT molecular complexity index is 586. The number of nitrogen functional groups attached to an aromatic ring is 1. The van der Waals surface area contributed by atoms with Crippen LogP contribution in [0.2, 0.25) is 5.02 Å². The highest BCUT2D eigenvalue weighted by Gasteiger charge is 2.26. The lowest BCUT2D eigenvalue weighted by Gasteiger charge is -2.24. The summed E-state index contributed by atoms with van der Waals surface area (Å²) in [6, 6.07) is 10.5. The van der Waals surface area contributed by atoms with Crippen molar-refractivity contribution in [2.75, 3.05) is 12.3 Å². The fraction of sp³-hybridized carbons (Fsp3) is 0.312. The molecule has 0 amide bonds. The predicted molar refractivity (Wildman–Crippen MR) is 82.5 cm³/mol. The predicted octanol–water partition coefficient (Wildman–Crippen LogP) is 3.65. The van der Waals surface area contributed by atoms with E-state index in [2.05, 4.69) is 22.0 Å². The second-order valence-electron chi connectivity index (χ2n) is 5.27. The zero-order valence-corrected chi connectivity index (χ0v) is 12.1. The molecule has 20 heavy (non-hydrogen) atoms. The average molecular weight is 288 g/mol. The molecule has 1 atom stereocenters. The van der Waals surface area contributed by atoms with E-state index in [0.717, 1.165) is 13.1 Å². The molecule has 0 spiro atoms. The molecule has 0 saturated carbocycles. The van der Waals surface area contributed by atoms with Crippen LogP contribution in [0.4, 0.5) is 5.69 Å². The van der Waals surface area contributed by atoms with Gasteiger partial charge in [-0.2, -0.15) is 0 Å². The van der Waals surface area contributed by atoms with Crippen LogP contribution in [0.5, 0.6) is 0 Å². The van der Waals surface area contributed by atoms with E-state index < -0.39 is 0 Å². The molecule has 3 nitrogen and oxygen atoms in total. The number of nitrogens with two attached hydrogens (primary N) is 1. The molecule has 1 unspecified atom stereocenters. The van der Waals surface area contributed by atoms with Crippen LogP contribution in [0.25, 0.3) is 0 Å². The molecule has 0 aliphatic carbocycles.